The lowest BCUT2D eigenvalue weighted by molar-refractivity contribution is 0.622. The fourth-order valence-corrected chi connectivity index (χ4v) is 5.51. The maximum absolute atomic E-state index is 6.38. The van der Waals surface area contributed by atoms with Crippen LogP contribution in [-0.2, 0) is 6.42 Å². The van der Waals surface area contributed by atoms with Gasteiger partial charge < -0.3 is 5.73 Å². The van der Waals surface area contributed by atoms with Crippen molar-refractivity contribution in [3.05, 3.63) is 34.3 Å². The molecule has 100 valence electrons. The molecule has 0 amide bonds. The van der Waals surface area contributed by atoms with Crippen LogP contribution in [0.25, 0.3) is 0 Å². The van der Waals surface area contributed by atoms with Crippen LogP contribution in [0, 0.1) is 6.92 Å². The highest BCUT2D eigenvalue weighted by Crippen LogP contribution is 2.33. The lowest BCUT2D eigenvalue weighted by Gasteiger charge is -2.32. The van der Waals surface area contributed by atoms with Crippen molar-refractivity contribution < 1.29 is 0 Å². The van der Waals surface area contributed by atoms with Gasteiger partial charge in [0, 0.05) is 33.1 Å². The normalized spacial score (nSPS) is 26.0. The highest BCUT2D eigenvalue weighted by Gasteiger charge is 2.28. The molecule has 3 atom stereocenters. The van der Waals surface area contributed by atoms with Crippen molar-refractivity contribution in [3.8, 4) is 0 Å². The number of rotatable bonds is 3. The number of thioether (sulfide) groups is 2. The minimum Gasteiger partial charge on any atom is -0.326 e. The van der Waals surface area contributed by atoms with Crippen molar-refractivity contribution in [2.45, 2.75) is 36.8 Å². The number of benzene rings is 1. The van der Waals surface area contributed by atoms with E-state index >= 15 is 0 Å². The standard InChI is InChI=1S/C14H20ClNS2/c1-9-3-4-11(12(15)7-9)8-13(16)14-10(2)17-5-6-18-14/h3-4,7,10,13-14H,5-6,8,16H2,1-2H3. The zero-order valence-corrected chi connectivity index (χ0v) is 13.2. The largest absolute Gasteiger partial charge is 0.326 e. The number of aryl methyl sites for hydroxylation is 1. The van der Waals surface area contributed by atoms with Crippen molar-refractivity contribution in [3.63, 3.8) is 0 Å². The predicted molar refractivity (Wildman–Crippen MR) is 86.0 cm³/mol. The lowest BCUT2D eigenvalue weighted by atomic mass is 10.0. The molecule has 1 aromatic rings. The monoisotopic (exact) mass is 301 g/mol. The SMILES string of the molecule is Cc1ccc(CC(N)C2SCCSC2C)c(Cl)c1. The van der Waals surface area contributed by atoms with Crippen LogP contribution in [0.15, 0.2) is 18.2 Å². The van der Waals surface area contributed by atoms with Gasteiger partial charge in [0.2, 0.25) is 0 Å². The fourth-order valence-electron chi connectivity index (χ4n) is 2.31. The van der Waals surface area contributed by atoms with E-state index in [2.05, 4.69) is 26.0 Å². The number of hydrogen-bond donors (Lipinski definition) is 1. The average Bonchev–Trinajstić information content (AvgIpc) is 2.33. The predicted octanol–water partition coefficient (Wildman–Crippen LogP) is 3.76. The van der Waals surface area contributed by atoms with Gasteiger partial charge in [0.15, 0.2) is 0 Å². The van der Waals surface area contributed by atoms with Gasteiger partial charge in [-0.3, -0.25) is 0 Å². The molecular weight excluding hydrogens is 282 g/mol. The maximum atomic E-state index is 6.38. The molecule has 18 heavy (non-hydrogen) atoms. The maximum Gasteiger partial charge on any atom is 0.0441 e. The van der Waals surface area contributed by atoms with E-state index in [9.17, 15) is 0 Å². The van der Waals surface area contributed by atoms with Crippen LogP contribution in [0.1, 0.15) is 18.1 Å². The van der Waals surface area contributed by atoms with Gasteiger partial charge in [0.25, 0.3) is 0 Å². The summed E-state index contributed by atoms with van der Waals surface area (Å²) in [6.45, 7) is 4.35. The first-order valence-corrected chi connectivity index (χ1v) is 8.79. The number of nitrogens with two attached hydrogens (primary N) is 1. The Morgan fingerprint density at radius 2 is 2.11 bits per heavy atom. The molecule has 0 radical (unpaired) electrons. The van der Waals surface area contributed by atoms with Gasteiger partial charge in [0.1, 0.15) is 0 Å². The summed E-state index contributed by atoms with van der Waals surface area (Å²) < 4.78 is 0. The van der Waals surface area contributed by atoms with Gasteiger partial charge in [-0.25, -0.2) is 0 Å². The Hall–Kier alpha value is 0.170. The molecule has 1 aliphatic heterocycles. The third-order valence-electron chi connectivity index (χ3n) is 3.32. The van der Waals surface area contributed by atoms with Crippen LogP contribution in [0.5, 0.6) is 0 Å². The molecule has 1 fully saturated rings. The Morgan fingerprint density at radius 1 is 1.39 bits per heavy atom. The first-order valence-electron chi connectivity index (χ1n) is 6.31. The molecule has 0 saturated carbocycles. The Labute approximate surface area is 123 Å². The van der Waals surface area contributed by atoms with Crippen molar-refractivity contribution >= 4 is 35.1 Å². The average molecular weight is 302 g/mol. The first kappa shape index (κ1) is 14.6. The van der Waals surface area contributed by atoms with E-state index in [1.165, 1.54) is 22.6 Å². The summed E-state index contributed by atoms with van der Waals surface area (Å²) in [6, 6.07) is 6.44. The highest BCUT2D eigenvalue weighted by atomic mass is 35.5. The van der Waals surface area contributed by atoms with Crippen LogP contribution in [0.4, 0.5) is 0 Å². The van der Waals surface area contributed by atoms with Gasteiger partial charge in [0.05, 0.1) is 0 Å². The van der Waals surface area contributed by atoms with E-state index in [0.717, 1.165) is 11.4 Å². The van der Waals surface area contributed by atoms with Crippen molar-refractivity contribution in [2.24, 2.45) is 5.73 Å². The second-order valence-electron chi connectivity index (χ2n) is 4.87. The smallest absolute Gasteiger partial charge is 0.0441 e. The molecule has 0 bridgehead atoms. The van der Waals surface area contributed by atoms with E-state index in [4.69, 9.17) is 17.3 Å². The van der Waals surface area contributed by atoms with E-state index in [1.54, 1.807) is 0 Å². The molecule has 1 saturated heterocycles. The third-order valence-corrected chi connectivity index (χ3v) is 6.95. The third kappa shape index (κ3) is 3.60. The van der Waals surface area contributed by atoms with Gasteiger partial charge in [-0.15, -0.1) is 0 Å². The number of halogens is 1. The van der Waals surface area contributed by atoms with Gasteiger partial charge in [-0.1, -0.05) is 30.7 Å². The minimum absolute atomic E-state index is 0.193. The molecule has 1 aliphatic rings. The summed E-state index contributed by atoms with van der Waals surface area (Å²) in [5, 5.41) is 2.04. The van der Waals surface area contributed by atoms with E-state index in [0.29, 0.717) is 10.5 Å². The molecule has 0 spiro atoms. The topological polar surface area (TPSA) is 26.0 Å². The Kier molecular flexibility index (Phi) is 5.31. The molecule has 1 aromatic carbocycles. The van der Waals surface area contributed by atoms with E-state index in [1.807, 2.05) is 29.6 Å². The molecule has 4 heteroatoms. The van der Waals surface area contributed by atoms with Crippen LogP contribution >= 0.6 is 35.1 Å². The summed E-state index contributed by atoms with van der Waals surface area (Å²) in [5.41, 5.74) is 8.77. The second-order valence-corrected chi connectivity index (χ2v) is 8.05. The second kappa shape index (κ2) is 6.56. The summed E-state index contributed by atoms with van der Waals surface area (Å²) in [4.78, 5) is 0. The van der Waals surface area contributed by atoms with Crippen LogP contribution < -0.4 is 5.73 Å². The lowest BCUT2D eigenvalue weighted by Crippen LogP contribution is -2.42. The van der Waals surface area contributed by atoms with Gasteiger partial charge >= 0.3 is 0 Å². The highest BCUT2D eigenvalue weighted by molar-refractivity contribution is 8.07. The van der Waals surface area contributed by atoms with Crippen LogP contribution in [0.2, 0.25) is 5.02 Å². The van der Waals surface area contributed by atoms with Crippen molar-refractivity contribution in [1.82, 2.24) is 0 Å². The molecule has 2 N–H and O–H groups in total. The molecule has 0 aliphatic carbocycles. The quantitative estimate of drug-likeness (QED) is 0.921. The minimum atomic E-state index is 0.193. The van der Waals surface area contributed by atoms with Crippen LogP contribution in [-0.4, -0.2) is 28.0 Å². The molecule has 0 aromatic heterocycles. The van der Waals surface area contributed by atoms with Gasteiger partial charge in [-0.05, 0) is 30.5 Å². The molecule has 2 rings (SSSR count). The summed E-state index contributed by atoms with van der Waals surface area (Å²) in [7, 11) is 0. The molecule has 1 heterocycles. The summed E-state index contributed by atoms with van der Waals surface area (Å²) in [6.07, 6.45) is 0.877. The summed E-state index contributed by atoms with van der Waals surface area (Å²) in [5.74, 6) is 2.47. The zero-order valence-electron chi connectivity index (χ0n) is 10.9. The van der Waals surface area contributed by atoms with E-state index in [-0.39, 0.29) is 6.04 Å². The first-order chi connectivity index (χ1) is 8.58. The molecular formula is C14H20ClNS2. The zero-order chi connectivity index (χ0) is 13.1. The van der Waals surface area contributed by atoms with E-state index < -0.39 is 0 Å². The summed E-state index contributed by atoms with van der Waals surface area (Å²) >= 11 is 10.3. The molecule has 3 unspecified atom stereocenters. The molecule has 1 nitrogen and oxygen atoms in total. The Bertz CT molecular complexity index is 411. The Balaban J connectivity index is 2.03. The fraction of sp³-hybridized carbons (Fsp3) is 0.571. The van der Waals surface area contributed by atoms with Gasteiger partial charge in [-0.2, -0.15) is 23.5 Å². The van der Waals surface area contributed by atoms with Crippen LogP contribution in [0.3, 0.4) is 0 Å². The number of hydrogen-bond acceptors (Lipinski definition) is 3. The Morgan fingerprint density at radius 3 is 2.78 bits per heavy atom. The van der Waals surface area contributed by atoms with Crippen molar-refractivity contribution in [1.29, 1.82) is 0 Å². The van der Waals surface area contributed by atoms with Crippen molar-refractivity contribution in [2.75, 3.05) is 11.5 Å².